The molecule has 0 radical (unpaired) electrons. The average Bonchev–Trinajstić information content (AvgIpc) is 2.92. The molecule has 6 heteroatoms. The molecule has 0 unspecified atom stereocenters. The number of hydrogen-bond acceptors (Lipinski definition) is 5. The van der Waals surface area contributed by atoms with Gasteiger partial charge in [-0.15, -0.1) is 0 Å². The van der Waals surface area contributed by atoms with Gasteiger partial charge in [0.25, 0.3) is 0 Å². The van der Waals surface area contributed by atoms with Gasteiger partial charge in [0.2, 0.25) is 0 Å². The molecule has 1 heterocycles. The summed E-state index contributed by atoms with van der Waals surface area (Å²) in [5.41, 5.74) is 7.31. The third-order valence-electron chi connectivity index (χ3n) is 3.09. The Morgan fingerprint density at radius 2 is 2.42 bits per heavy atom. The van der Waals surface area contributed by atoms with Crippen LogP contribution in [0.2, 0.25) is 5.02 Å². The van der Waals surface area contributed by atoms with Crippen molar-refractivity contribution in [2.24, 2.45) is 0 Å². The normalized spacial score (nSPS) is 18.3. The molecular formula is C13H17ClN2O3. The SMILES string of the molecule is COC(=O)c1cc(Cl)c(N)c(NC[C@@H]2CCCO2)c1. The predicted molar refractivity (Wildman–Crippen MR) is 74.7 cm³/mol. The van der Waals surface area contributed by atoms with E-state index in [1.807, 2.05) is 0 Å². The molecule has 19 heavy (non-hydrogen) atoms. The lowest BCUT2D eigenvalue weighted by Crippen LogP contribution is -2.19. The van der Waals surface area contributed by atoms with Crippen LogP contribution in [0.3, 0.4) is 0 Å². The molecule has 0 saturated carbocycles. The van der Waals surface area contributed by atoms with Gasteiger partial charge >= 0.3 is 5.97 Å². The van der Waals surface area contributed by atoms with Gasteiger partial charge in [-0.05, 0) is 25.0 Å². The minimum atomic E-state index is -0.443. The van der Waals surface area contributed by atoms with Crippen LogP contribution in [0.25, 0.3) is 0 Å². The summed E-state index contributed by atoms with van der Waals surface area (Å²) in [5.74, 6) is -0.443. The monoisotopic (exact) mass is 284 g/mol. The Hall–Kier alpha value is -1.46. The van der Waals surface area contributed by atoms with Crippen LogP contribution in [0, 0.1) is 0 Å². The molecule has 1 aromatic carbocycles. The number of carbonyl (C=O) groups is 1. The van der Waals surface area contributed by atoms with E-state index < -0.39 is 5.97 Å². The predicted octanol–water partition coefficient (Wildman–Crippen LogP) is 2.30. The number of anilines is 2. The number of hydrogen-bond donors (Lipinski definition) is 2. The van der Waals surface area contributed by atoms with Crippen molar-refractivity contribution in [3.05, 3.63) is 22.7 Å². The van der Waals surface area contributed by atoms with Crippen LogP contribution in [0.4, 0.5) is 11.4 Å². The Labute approximate surface area is 117 Å². The smallest absolute Gasteiger partial charge is 0.337 e. The minimum absolute atomic E-state index is 0.181. The molecule has 1 aliphatic heterocycles. The van der Waals surface area contributed by atoms with Gasteiger partial charge in [0.15, 0.2) is 0 Å². The molecular weight excluding hydrogens is 268 g/mol. The maximum atomic E-state index is 11.5. The summed E-state index contributed by atoms with van der Waals surface area (Å²) in [7, 11) is 1.33. The number of ether oxygens (including phenoxy) is 2. The molecule has 2 rings (SSSR count). The number of nitrogens with two attached hydrogens (primary N) is 1. The highest BCUT2D eigenvalue weighted by molar-refractivity contribution is 6.34. The number of esters is 1. The lowest BCUT2D eigenvalue weighted by atomic mass is 10.1. The van der Waals surface area contributed by atoms with Crippen LogP contribution in [-0.2, 0) is 9.47 Å². The zero-order valence-electron chi connectivity index (χ0n) is 10.7. The molecule has 1 fully saturated rings. The first-order valence-electron chi connectivity index (χ1n) is 6.14. The summed E-state index contributed by atoms with van der Waals surface area (Å²) in [4.78, 5) is 11.5. The first-order chi connectivity index (χ1) is 9.11. The highest BCUT2D eigenvalue weighted by atomic mass is 35.5. The van der Waals surface area contributed by atoms with Gasteiger partial charge in [0.1, 0.15) is 0 Å². The van der Waals surface area contributed by atoms with Crippen LogP contribution in [0.5, 0.6) is 0 Å². The maximum Gasteiger partial charge on any atom is 0.337 e. The van der Waals surface area contributed by atoms with Crippen molar-refractivity contribution in [2.45, 2.75) is 18.9 Å². The number of halogens is 1. The van der Waals surface area contributed by atoms with Gasteiger partial charge in [-0.2, -0.15) is 0 Å². The maximum absolute atomic E-state index is 11.5. The Morgan fingerprint density at radius 3 is 3.05 bits per heavy atom. The van der Waals surface area contributed by atoms with Crippen LogP contribution in [0.1, 0.15) is 23.2 Å². The van der Waals surface area contributed by atoms with E-state index in [1.54, 1.807) is 6.07 Å². The van der Waals surface area contributed by atoms with E-state index in [1.165, 1.54) is 13.2 Å². The molecule has 0 amide bonds. The van der Waals surface area contributed by atoms with Crippen molar-refractivity contribution < 1.29 is 14.3 Å². The van der Waals surface area contributed by atoms with Crippen LogP contribution < -0.4 is 11.1 Å². The van der Waals surface area contributed by atoms with E-state index >= 15 is 0 Å². The molecule has 1 atom stereocenters. The summed E-state index contributed by atoms with van der Waals surface area (Å²) >= 11 is 6.01. The lowest BCUT2D eigenvalue weighted by Gasteiger charge is -2.15. The van der Waals surface area contributed by atoms with Crippen molar-refractivity contribution in [3.8, 4) is 0 Å². The second-order valence-electron chi connectivity index (χ2n) is 4.43. The van der Waals surface area contributed by atoms with E-state index in [0.29, 0.717) is 28.5 Å². The number of nitrogens with one attached hydrogen (secondary N) is 1. The van der Waals surface area contributed by atoms with Gasteiger partial charge in [-0.1, -0.05) is 11.6 Å². The molecule has 0 bridgehead atoms. The number of benzene rings is 1. The van der Waals surface area contributed by atoms with Crippen LogP contribution >= 0.6 is 11.6 Å². The fourth-order valence-electron chi connectivity index (χ4n) is 2.03. The molecule has 1 aromatic rings. The summed E-state index contributed by atoms with van der Waals surface area (Å²) in [6.07, 6.45) is 2.28. The van der Waals surface area contributed by atoms with Crippen molar-refractivity contribution in [2.75, 3.05) is 31.3 Å². The fourth-order valence-corrected chi connectivity index (χ4v) is 2.25. The van der Waals surface area contributed by atoms with Gasteiger partial charge in [0.05, 0.1) is 35.2 Å². The summed E-state index contributed by atoms with van der Waals surface area (Å²) < 4.78 is 10.2. The van der Waals surface area contributed by atoms with E-state index in [2.05, 4.69) is 10.1 Å². The third-order valence-corrected chi connectivity index (χ3v) is 3.41. The Kier molecular flexibility index (Phi) is 4.50. The number of rotatable bonds is 4. The molecule has 0 aromatic heterocycles. The molecule has 104 valence electrons. The minimum Gasteiger partial charge on any atom is -0.465 e. The third kappa shape index (κ3) is 3.30. The van der Waals surface area contributed by atoms with Crippen LogP contribution in [0.15, 0.2) is 12.1 Å². The van der Waals surface area contributed by atoms with Crippen molar-refractivity contribution in [1.82, 2.24) is 0 Å². The Bertz CT molecular complexity index is 473. The lowest BCUT2D eigenvalue weighted by molar-refractivity contribution is 0.0601. The highest BCUT2D eigenvalue weighted by Crippen LogP contribution is 2.30. The Morgan fingerprint density at radius 1 is 1.63 bits per heavy atom. The van der Waals surface area contributed by atoms with Crippen molar-refractivity contribution >= 4 is 28.9 Å². The number of methoxy groups -OCH3 is 1. The molecule has 5 nitrogen and oxygen atoms in total. The van der Waals surface area contributed by atoms with Gasteiger partial charge < -0.3 is 20.5 Å². The molecule has 1 aliphatic rings. The summed E-state index contributed by atoms with van der Waals surface area (Å²) in [6, 6.07) is 3.14. The van der Waals surface area contributed by atoms with Gasteiger partial charge in [0, 0.05) is 13.2 Å². The summed E-state index contributed by atoms with van der Waals surface area (Å²) in [5, 5.41) is 3.50. The molecule has 1 saturated heterocycles. The molecule has 0 aliphatic carbocycles. The molecule has 0 spiro atoms. The quantitative estimate of drug-likeness (QED) is 0.655. The van der Waals surface area contributed by atoms with Crippen molar-refractivity contribution in [3.63, 3.8) is 0 Å². The fraction of sp³-hybridized carbons (Fsp3) is 0.462. The summed E-state index contributed by atoms with van der Waals surface area (Å²) in [6.45, 7) is 1.44. The zero-order valence-corrected chi connectivity index (χ0v) is 11.5. The van der Waals surface area contributed by atoms with Gasteiger partial charge in [-0.25, -0.2) is 4.79 Å². The average molecular weight is 285 g/mol. The standard InChI is InChI=1S/C13H17ClN2O3/c1-18-13(17)8-5-10(14)12(15)11(6-8)16-7-9-3-2-4-19-9/h5-6,9,16H,2-4,7,15H2,1H3/t9-/m0/s1. The zero-order chi connectivity index (χ0) is 13.8. The first kappa shape index (κ1) is 14.0. The van der Waals surface area contributed by atoms with E-state index in [4.69, 9.17) is 22.1 Å². The highest BCUT2D eigenvalue weighted by Gasteiger charge is 2.17. The van der Waals surface area contributed by atoms with Crippen LogP contribution in [-0.4, -0.2) is 32.3 Å². The second-order valence-corrected chi connectivity index (χ2v) is 4.83. The topological polar surface area (TPSA) is 73.6 Å². The largest absolute Gasteiger partial charge is 0.465 e. The van der Waals surface area contributed by atoms with E-state index in [9.17, 15) is 4.79 Å². The molecule has 3 N–H and O–H groups in total. The van der Waals surface area contributed by atoms with Gasteiger partial charge in [-0.3, -0.25) is 0 Å². The van der Waals surface area contributed by atoms with E-state index in [0.717, 1.165) is 19.4 Å². The first-order valence-corrected chi connectivity index (χ1v) is 6.52. The number of carbonyl (C=O) groups excluding carboxylic acids is 1. The number of nitrogen functional groups attached to an aromatic ring is 1. The van der Waals surface area contributed by atoms with Crippen molar-refractivity contribution in [1.29, 1.82) is 0 Å². The van der Waals surface area contributed by atoms with E-state index in [-0.39, 0.29) is 6.10 Å². The Balaban J connectivity index is 2.13. The second kappa shape index (κ2) is 6.12.